The van der Waals surface area contributed by atoms with Gasteiger partial charge in [-0.3, -0.25) is 32.8 Å². The second kappa shape index (κ2) is 26.2. The third-order valence-corrected chi connectivity index (χ3v) is 14.0. The lowest BCUT2D eigenvalue weighted by Crippen LogP contribution is -2.45. The molecule has 9 atom stereocenters. The van der Waals surface area contributed by atoms with Crippen LogP contribution in [0.25, 0.3) is 22.3 Å². The fourth-order valence-corrected chi connectivity index (χ4v) is 10.1. The van der Waals surface area contributed by atoms with Crippen molar-refractivity contribution in [2.45, 2.75) is 166 Å². The molecule has 2 fully saturated rings. The number of nitrogen functional groups attached to an aromatic ring is 2. The highest BCUT2D eigenvalue weighted by atomic mass is 31.2. The van der Waals surface area contributed by atoms with Crippen LogP contribution in [0.3, 0.4) is 0 Å². The Kier molecular flexibility index (Phi) is 20.5. The standard InChI is InChI=1S/C45H74N11O11P/c1-6-8-9-10-11-12-13-14-15-16-17-18-19-20-21-22-54(25-31-37(67-68(59,60)63-5)38(62-4)44(65-31)56-29-51-35-41(56)52-45(47)53-42(35)58)33(57)24-30-32(26-64-23-7-2)66-43(36(30)61-3)55-28-50-34-39(46)48-27-49-40(34)55/h27-32,36-38,43-44H,6-26H2,1-5H3,(H,59,60)(H2,46,48,49)(H3,47,52,53,58)/t30-,31-,32-,36-,37-,38-,43-,44-/m1/s1. The molecule has 1 unspecified atom stereocenters. The van der Waals surface area contributed by atoms with Crippen molar-refractivity contribution in [2.24, 2.45) is 5.92 Å². The molecule has 2 saturated heterocycles. The summed E-state index contributed by atoms with van der Waals surface area (Å²) in [4.78, 5) is 64.1. The van der Waals surface area contributed by atoms with E-state index in [0.29, 0.717) is 30.7 Å². The van der Waals surface area contributed by atoms with Gasteiger partial charge < -0.3 is 44.9 Å². The van der Waals surface area contributed by atoms with Crippen LogP contribution < -0.4 is 17.0 Å². The van der Waals surface area contributed by atoms with Crippen molar-refractivity contribution in [3.05, 3.63) is 29.3 Å². The summed E-state index contributed by atoms with van der Waals surface area (Å²) in [7, 11) is -0.638. The average molecular weight is 976 g/mol. The Morgan fingerprint density at radius 1 is 0.779 bits per heavy atom. The van der Waals surface area contributed by atoms with Gasteiger partial charge in [0.1, 0.15) is 36.3 Å². The Morgan fingerprint density at radius 3 is 1.99 bits per heavy atom. The van der Waals surface area contributed by atoms with Crippen molar-refractivity contribution >= 4 is 47.8 Å². The van der Waals surface area contributed by atoms with Crippen LogP contribution >= 0.6 is 7.82 Å². The Hall–Kier alpha value is -4.12. The third kappa shape index (κ3) is 13.6. The van der Waals surface area contributed by atoms with E-state index in [0.717, 1.165) is 39.2 Å². The minimum absolute atomic E-state index is 0.00451. The van der Waals surface area contributed by atoms with Gasteiger partial charge in [0.2, 0.25) is 11.9 Å². The van der Waals surface area contributed by atoms with Crippen molar-refractivity contribution in [3.63, 3.8) is 0 Å². The average Bonchev–Trinajstić information content (AvgIpc) is 4.11. The highest BCUT2D eigenvalue weighted by Crippen LogP contribution is 2.49. The number of phosphoric ester groups is 1. The molecule has 68 heavy (non-hydrogen) atoms. The molecule has 0 aromatic carbocycles. The predicted molar refractivity (Wildman–Crippen MR) is 254 cm³/mol. The normalized spacial score (nSPS) is 23.8. The van der Waals surface area contributed by atoms with Gasteiger partial charge in [-0.25, -0.2) is 24.5 Å². The first-order chi connectivity index (χ1) is 32.9. The van der Waals surface area contributed by atoms with E-state index in [1.54, 1.807) is 22.9 Å². The molecule has 0 saturated carbocycles. The number of nitrogens with one attached hydrogen (secondary N) is 1. The van der Waals surface area contributed by atoms with Crippen LogP contribution in [-0.2, 0) is 42.1 Å². The first-order valence-electron chi connectivity index (χ1n) is 24.4. The summed E-state index contributed by atoms with van der Waals surface area (Å²) in [6.07, 6.45) is 16.5. The summed E-state index contributed by atoms with van der Waals surface area (Å²) >= 11 is 0. The van der Waals surface area contributed by atoms with Gasteiger partial charge in [-0.15, -0.1) is 0 Å². The molecule has 2 aliphatic heterocycles. The molecular weight excluding hydrogens is 902 g/mol. The molecule has 0 aliphatic carbocycles. The Balaban J connectivity index is 1.21. The van der Waals surface area contributed by atoms with Crippen molar-refractivity contribution in [2.75, 3.05) is 59.1 Å². The van der Waals surface area contributed by atoms with Gasteiger partial charge in [-0.2, -0.15) is 4.98 Å². The predicted octanol–water partition coefficient (Wildman–Crippen LogP) is 6.21. The molecule has 4 aromatic heterocycles. The van der Waals surface area contributed by atoms with Crippen LogP contribution in [0, 0.1) is 5.92 Å². The summed E-state index contributed by atoms with van der Waals surface area (Å²) < 4.78 is 58.3. The van der Waals surface area contributed by atoms with E-state index in [1.165, 1.54) is 88.5 Å². The summed E-state index contributed by atoms with van der Waals surface area (Å²) in [5.74, 6) is -0.660. The van der Waals surface area contributed by atoms with Gasteiger partial charge in [-0.05, 0) is 12.8 Å². The number of anilines is 2. The van der Waals surface area contributed by atoms with E-state index in [4.69, 9.17) is 44.2 Å². The zero-order valence-electron chi connectivity index (χ0n) is 40.4. The maximum atomic E-state index is 15.0. The lowest BCUT2D eigenvalue weighted by Gasteiger charge is -2.31. The number of H-pyrrole nitrogens is 1. The van der Waals surface area contributed by atoms with Crippen molar-refractivity contribution < 1.29 is 47.0 Å². The topological polar surface area (TPSA) is 281 Å². The fraction of sp³-hybridized carbons (Fsp3) is 0.756. The maximum absolute atomic E-state index is 15.0. The molecule has 4 aromatic rings. The molecule has 0 radical (unpaired) electrons. The number of imidazole rings is 2. The first kappa shape index (κ1) is 53.2. The van der Waals surface area contributed by atoms with E-state index in [2.05, 4.69) is 36.8 Å². The summed E-state index contributed by atoms with van der Waals surface area (Å²) in [5.41, 5.74) is 12.5. The summed E-state index contributed by atoms with van der Waals surface area (Å²) in [6, 6.07) is 0. The van der Waals surface area contributed by atoms with Crippen LogP contribution in [-0.4, -0.2) is 133 Å². The van der Waals surface area contributed by atoms with Crippen LogP contribution in [0.2, 0.25) is 0 Å². The second-order valence-electron chi connectivity index (χ2n) is 17.8. The molecule has 6 heterocycles. The molecule has 0 bridgehead atoms. The van der Waals surface area contributed by atoms with Crippen LogP contribution in [0.1, 0.15) is 135 Å². The van der Waals surface area contributed by atoms with E-state index in [-0.39, 0.29) is 48.4 Å². The van der Waals surface area contributed by atoms with E-state index >= 15 is 0 Å². The fourth-order valence-electron chi connectivity index (χ4n) is 9.43. The monoisotopic (exact) mass is 976 g/mol. The number of unbranched alkanes of at least 4 members (excludes halogenated alkanes) is 14. The molecule has 6 rings (SSSR count). The smallest absolute Gasteiger partial charge is 0.382 e. The van der Waals surface area contributed by atoms with Gasteiger partial charge in [0.25, 0.3) is 5.56 Å². The molecular formula is C45H74N11O11P. The number of methoxy groups -OCH3 is 2. The molecule has 6 N–H and O–H groups in total. The molecule has 380 valence electrons. The Labute approximate surface area is 398 Å². The number of hydrogen-bond acceptors (Lipinski definition) is 17. The van der Waals surface area contributed by atoms with Crippen LogP contribution in [0.5, 0.6) is 0 Å². The Bertz CT molecular complexity index is 2280. The van der Waals surface area contributed by atoms with Crippen molar-refractivity contribution in [3.8, 4) is 0 Å². The number of nitrogens with two attached hydrogens (primary N) is 2. The molecule has 2 aliphatic rings. The number of hydrogen-bond donors (Lipinski definition) is 4. The number of amides is 1. The molecule has 1 amide bonds. The van der Waals surface area contributed by atoms with Crippen LogP contribution in [0.4, 0.5) is 11.8 Å². The number of ether oxygens (including phenoxy) is 5. The third-order valence-electron chi connectivity index (χ3n) is 13.0. The van der Waals surface area contributed by atoms with Gasteiger partial charge in [0.15, 0.2) is 35.1 Å². The lowest BCUT2D eigenvalue weighted by atomic mass is 9.93. The zero-order valence-corrected chi connectivity index (χ0v) is 41.3. The number of aromatic nitrogens is 8. The number of rotatable bonds is 31. The van der Waals surface area contributed by atoms with Gasteiger partial charge in [0, 0.05) is 53.4 Å². The molecule has 23 heteroatoms. The summed E-state index contributed by atoms with van der Waals surface area (Å²) in [6.45, 7) is 5.24. The number of carbonyl (C=O) groups excluding carboxylic acids is 1. The summed E-state index contributed by atoms with van der Waals surface area (Å²) in [5, 5.41) is 0. The van der Waals surface area contributed by atoms with Gasteiger partial charge in [0.05, 0.1) is 25.4 Å². The number of phosphoric acid groups is 1. The minimum atomic E-state index is -4.66. The highest BCUT2D eigenvalue weighted by Gasteiger charge is 2.52. The minimum Gasteiger partial charge on any atom is -0.382 e. The quantitative estimate of drug-likeness (QED) is 0.0322. The molecule has 22 nitrogen and oxygen atoms in total. The SMILES string of the molecule is CCCCCCCCCCCCCCCCCN(C[C@H]1O[C@@H](n2cnc3c(=O)[nH]c(N)nc32)[C@H](OC)[C@@H]1OP(=O)(O)OC)C(=O)C[C@H]1[C@@H](OC)[C@H](n2cnc3c(N)ncnc32)O[C@@H]1COCCC. The van der Waals surface area contributed by atoms with E-state index in [1.807, 2.05) is 6.92 Å². The molecule has 0 spiro atoms. The number of fused-ring (bicyclic) bond motifs is 2. The highest BCUT2D eigenvalue weighted by molar-refractivity contribution is 7.47. The van der Waals surface area contributed by atoms with Gasteiger partial charge in [-0.1, -0.05) is 104 Å². The Morgan fingerprint density at radius 2 is 1.37 bits per heavy atom. The van der Waals surface area contributed by atoms with Crippen molar-refractivity contribution in [1.29, 1.82) is 0 Å². The van der Waals surface area contributed by atoms with Crippen LogP contribution in [0.15, 0.2) is 23.8 Å². The maximum Gasteiger partial charge on any atom is 0.472 e. The van der Waals surface area contributed by atoms with Gasteiger partial charge >= 0.3 is 7.82 Å². The van der Waals surface area contributed by atoms with E-state index in [9.17, 15) is 19.0 Å². The van der Waals surface area contributed by atoms with E-state index < -0.39 is 62.3 Å². The largest absolute Gasteiger partial charge is 0.472 e. The lowest BCUT2D eigenvalue weighted by molar-refractivity contribution is -0.137. The number of nitrogens with zero attached hydrogens (tertiary/aromatic N) is 8. The van der Waals surface area contributed by atoms with Crippen molar-refractivity contribution in [1.82, 2.24) is 43.9 Å². The number of carbonyl (C=O) groups is 1. The number of aromatic amines is 1. The second-order valence-corrected chi connectivity index (χ2v) is 19.4. The zero-order chi connectivity index (χ0) is 48.6. The first-order valence-corrected chi connectivity index (χ1v) is 25.9.